The van der Waals surface area contributed by atoms with Crippen molar-refractivity contribution in [1.82, 2.24) is 10.2 Å². The Bertz CT molecular complexity index is 948. The van der Waals surface area contributed by atoms with Gasteiger partial charge in [-0.1, -0.05) is 79.1 Å². The first kappa shape index (κ1) is 22.6. The van der Waals surface area contributed by atoms with Crippen LogP contribution in [0.4, 0.5) is 5.13 Å². The lowest BCUT2D eigenvalue weighted by Gasteiger charge is -2.07. The molecule has 0 aliphatic heterocycles. The van der Waals surface area contributed by atoms with Gasteiger partial charge in [-0.05, 0) is 42.3 Å². The van der Waals surface area contributed by atoms with Gasteiger partial charge >= 0.3 is 0 Å². The SMILES string of the molecule is CCCCCCOc1ccc(C(=O)Nc2nnc(SCc3ccccc3Cl)s2)cc1. The summed E-state index contributed by atoms with van der Waals surface area (Å²) < 4.78 is 6.49. The highest BCUT2D eigenvalue weighted by atomic mass is 35.5. The van der Waals surface area contributed by atoms with Crippen molar-refractivity contribution < 1.29 is 9.53 Å². The van der Waals surface area contributed by atoms with Crippen LogP contribution in [-0.2, 0) is 5.75 Å². The third kappa shape index (κ3) is 7.00. The molecule has 1 N–H and O–H groups in total. The molecular weight excluding hydrogens is 438 g/mol. The van der Waals surface area contributed by atoms with Gasteiger partial charge in [0.05, 0.1) is 6.61 Å². The zero-order valence-electron chi connectivity index (χ0n) is 16.8. The molecule has 0 aliphatic rings. The molecule has 0 radical (unpaired) electrons. The van der Waals surface area contributed by atoms with Crippen LogP contribution in [0.15, 0.2) is 52.9 Å². The average Bonchev–Trinajstić information content (AvgIpc) is 3.20. The Morgan fingerprint density at radius 2 is 1.90 bits per heavy atom. The summed E-state index contributed by atoms with van der Waals surface area (Å²) in [5, 5.41) is 12.2. The van der Waals surface area contributed by atoms with Gasteiger partial charge in [0, 0.05) is 16.3 Å². The van der Waals surface area contributed by atoms with E-state index in [1.54, 1.807) is 12.1 Å². The number of nitrogens with one attached hydrogen (secondary N) is 1. The average molecular weight is 462 g/mol. The third-order valence-electron chi connectivity index (χ3n) is 4.32. The normalized spacial score (nSPS) is 10.7. The molecule has 5 nitrogen and oxygen atoms in total. The molecule has 0 saturated carbocycles. The number of halogens is 1. The standard InChI is InChI=1S/C22H24ClN3O2S2/c1-2-3-4-7-14-28-18-12-10-16(11-13-18)20(27)24-21-25-26-22(30-21)29-15-17-8-5-6-9-19(17)23/h5-6,8-13H,2-4,7,14-15H2,1H3,(H,24,25,27). The number of anilines is 1. The van der Waals surface area contributed by atoms with Gasteiger partial charge in [-0.2, -0.15) is 0 Å². The van der Waals surface area contributed by atoms with Crippen molar-refractivity contribution >= 4 is 45.7 Å². The van der Waals surface area contributed by atoms with Crippen molar-refractivity contribution in [3.63, 3.8) is 0 Å². The highest BCUT2D eigenvalue weighted by molar-refractivity contribution is 8.00. The highest BCUT2D eigenvalue weighted by Gasteiger charge is 2.11. The summed E-state index contributed by atoms with van der Waals surface area (Å²) in [7, 11) is 0. The summed E-state index contributed by atoms with van der Waals surface area (Å²) in [6.45, 7) is 2.89. The summed E-state index contributed by atoms with van der Waals surface area (Å²) in [5.74, 6) is 1.25. The number of carbonyl (C=O) groups excluding carboxylic acids is 1. The monoisotopic (exact) mass is 461 g/mol. The molecule has 1 aromatic heterocycles. The lowest BCUT2D eigenvalue weighted by Crippen LogP contribution is -2.11. The van der Waals surface area contributed by atoms with Crippen LogP contribution in [0.25, 0.3) is 0 Å². The molecule has 0 bridgehead atoms. The molecule has 8 heteroatoms. The van der Waals surface area contributed by atoms with Gasteiger partial charge < -0.3 is 4.74 Å². The summed E-state index contributed by atoms with van der Waals surface area (Å²) in [5.41, 5.74) is 1.59. The van der Waals surface area contributed by atoms with Crippen LogP contribution < -0.4 is 10.1 Å². The number of unbranched alkanes of at least 4 members (excludes halogenated alkanes) is 3. The molecule has 3 aromatic rings. The van der Waals surface area contributed by atoms with Crippen molar-refractivity contribution in [2.24, 2.45) is 0 Å². The molecule has 2 aromatic carbocycles. The smallest absolute Gasteiger partial charge is 0.257 e. The van der Waals surface area contributed by atoms with E-state index in [9.17, 15) is 4.79 Å². The van der Waals surface area contributed by atoms with E-state index in [1.165, 1.54) is 42.4 Å². The number of hydrogen-bond acceptors (Lipinski definition) is 6. The summed E-state index contributed by atoms with van der Waals surface area (Å²) >= 11 is 9.06. The minimum Gasteiger partial charge on any atom is -0.494 e. The van der Waals surface area contributed by atoms with Crippen LogP contribution in [0, 0.1) is 0 Å². The maximum atomic E-state index is 12.5. The predicted octanol–water partition coefficient (Wildman–Crippen LogP) is 6.70. The van der Waals surface area contributed by atoms with E-state index in [-0.39, 0.29) is 5.91 Å². The zero-order chi connectivity index (χ0) is 21.2. The molecule has 1 heterocycles. The predicted molar refractivity (Wildman–Crippen MR) is 125 cm³/mol. The second-order valence-electron chi connectivity index (χ2n) is 6.64. The highest BCUT2D eigenvalue weighted by Crippen LogP contribution is 2.30. The van der Waals surface area contributed by atoms with E-state index < -0.39 is 0 Å². The van der Waals surface area contributed by atoms with Gasteiger partial charge in [0.2, 0.25) is 5.13 Å². The second-order valence-corrected chi connectivity index (χ2v) is 9.25. The van der Waals surface area contributed by atoms with E-state index in [4.69, 9.17) is 16.3 Å². The Kier molecular flexibility index (Phi) is 8.99. The topological polar surface area (TPSA) is 64.1 Å². The minimum absolute atomic E-state index is 0.219. The largest absolute Gasteiger partial charge is 0.494 e. The summed E-state index contributed by atoms with van der Waals surface area (Å²) in [6.07, 6.45) is 4.66. The molecular formula is C22H24ClN3O2S2. The van der Waals surface area contributed by atoms with Crippen molar-refractivity contribution in [1.29, 1.82) is 0 Å². The quantitative estimate of drug-likeness (QED) is 0.195. The van der Waals surface area contributed by atoms with Crippen molar-refractivity contribution in [3.8, 4) is 5.75 Å². The molecule has 3 rings (SSSR count). The van der Waals surface area contributed by atoms with Crippen LogP contribution in [0.3, 0.4) is 0 Å². The molecule has 0 saturated heterocycles. The van der Waals surface area contributed by atoms with Gasteiger partial charge in [0.15, 0.2) is 4.34 Å². The molecule has 0 atom stereocenters. The van der Waals surface area contributed by atoms with Gasteiger partial charge in [-0.15, -0.1) is 10.2 Å². The van der Waals surface area contributed by atoms with Gasteiger partial charge in [-0.25, -0.2) is 0 Å². The molecule has 0 unspecified atom stereocenters. The first-order valence-corrected chi connectivity index (χ1v) is 12.1. The number of carbonyl (C=O) groups is 1. The number of aromatic nitrogens is 2. The molecule has 158 valence electrons. The number of benzene rings is 2. The maximum Gasteiger partial charge on any atom is 0.257 e. The molecule has 0 spiro atoms. The van der Waals surface area contributed by atoms with E-state index in [0.29, 0.717) is 23.1 Å². The van der Waals surface area contributed by atoms with Gasteiger partial charge in [-0.3, -0.25) is 10.1 Å². The molecule has 0 fully saturated rings. The lowest BCUT2D eigenvalue weighted by molar-refractivity contribution is 0.102. The van der Waals surface area contributed by atoms with Crippen LogP contribution >= 0.6 is 34.7 Å². The van der Waals surface area contributed by atoms with Crippen molar-refractivity contribution in [3.05, 3.63) is 64.7 Å². The van der Waals surface area contributed by atoms with E-state index in [0.717, 1.165) is 27.1 Å². The molecule has 30 heavy (non-hydrogen) atoms. The fourth-order valence-electron chi connectivity index (χ4n) is 2.66. The summed E-state index contributed by atoms with van der Waals surface area (Å²) in [6, 6.07) is 14.9. The number of rotatable bonds is 11. The summed E-state index contributed by atoms with van der Waals surface area (Å²) in [4.78, 5) is 12.5. The fourth-order valence-corrected chi connectivity index (χ4v) is 4.70. The van der Waals surface area contributed by atoms with Gasteiger partial charge in [0.25, 0.3) is 5.91 Å². The van der Waals surface area contributed by atoms with E-state index in [1.807, 2.05) is 36.4 Å². The zero-order valence-corrected chi connectivity index (χ0v) is 19.2. The Morgan fingerprint density at radius 1 is 1.10 bits per heavy atom. The number of hydrogen-bond donors (Lipinski definition) is 1. The first-order chi connectivity index (χ1) is 14.7. The first-order valence-electron chi connectivity index (χ1n) is 9.89. The number of amides is 1. The maximum absolute atomic E-state index is 12.5. The second kappa shape index (κ2) is 11.9. The Balaban J connectivity index is 1.47. The van der Waals surface area contributed by atoms with Crippen LogP contribution in [0.1, 0.15) is 48.5 Å². The van der Waals surface area contributed by atoms with Crippen LogP contribution in [0.2, 0.25) is 5.02 Å². The molecule has 0 aliphatic carbocycles. The van der Waals surface area contributed by atoms with Crippen LogP contribution in [0.5, 0.6) is 5.75 Å². The number of thioether (sulfide) groups is 1. The Hall–Kier alpha value is -2.09. The number of nitrogens with zero attached hydrogens (tertiary/aromatic N) is 2. The van der Waals surface area contributed by atoms with E-state index in [2.05, 4.69) is 22.4 Å². The number of ether oxygens (including phenoxy) is 1. The molecule has 1 amide bonds. The fraction of sp³-hybridized carbons (Fsp3) is 0.318. The van der Waals surface area contributed by atoms with E-state index >= 15 is 0 Å². The Morgan fingerprint density at radius 3 is 2.67 bits per heavy atom. The Labute approximate surface area is 190 Å². The minimum atomic E-state index is -0.219. The van der Waals surface area contributed by atoms with Crippen LogP contribution in [-0.4, -0.2) is 22.7 Å². The lowest BCUT2D eigenvalue weighted by atomic mass is 10.2. The third-order valence-corrected chi connectivity index (χ3v) is 6.71. The van der Waals surface area contributed by atoms with Gasteiger partial charge in [0.1, 0.15) is 5.75 Å². The van der Waals surface area contributed by atoms with Crippen molar-refractivity contribution in [2.45, 2.75) is 42.7 Å². The van der Waals surface area contributed by atoms with Crippen molar-refractivity contribution in [2.75, 3.05) is 11.9 Å².